The molecule has 2 rings (SSSR count). The van der Waals surface area contributed by atoms with Gasteiger partial charge in [-0.05, 0) is 64.2 Å². The second-order valence-electron chi connectivity index (χ2n) is 7.29. The van der Waals surface area contributed by atoms with E-state index < -0.39 is 0 Å². The lowest BCUT2D eigenvalue weighted by Gasteiger charge is -2.32. The number of rotatable bonds is 9. The number of anilines is 1. The SMILES string of the molecule is CC(C)(C)N(C=O)c1cccc(OCCCCCc2ccccc2)c1. The predicted molar refractivity (Wildman–Crippen MR) is 104 cm³/mol. The quantitative estimate of drug-likeness (QED) is 0.462. The van der Waals surface area contributed by atoms with E-state index in [4.69, 9.17) is 4.74 Å². The topological polar surface area (TPSA) is 29.5 Å². The van der Waals surface area contributed by atoms with Gasteiger partial charge in [-0.3, -0.25) is 4.79 Å². The molecule has 0 unspecified atom stereocenters. The molecular weight excluding hydrogens is 310 g/mol. The van der Waals surface area contributed by atoms with E-state index >= 15 is 0 Å². The molecule has 0 heterocycles. The summed E-state index contributed by atoms with van der Waals surface area (Å²) in [6.07, 6.45) is 5.36. The Balaban J connectivity index is 1.76. The molecule has 134 valence electrons. The molecule has 3 heteroatoms. The monoisotopic (exact) mass is 339 g/mol. The summed E-state index contributed by atoms with van der Waals surface area (Å²) in [6, 6.07) is 18.3. The number of amides is 1. The maximum Gasteiger partial charge on any atom is 0.214 e. The summed E-state index contributed by atoms with van der Waals surface area (Å²) in [7, 11) is 0. The Morgan fingerprint density at radius 2 is 1.72 bits per heavy atom. The third-order valence-electron chi connectivity index (χ3n) is 4.15. The molecular formula is C22H29NO2. The molecule has 0 bridgehead atoms. The predicted octanol–water partition coefficient (Wildman–Crippen LogP) is 5.24. The summed E-state index contributed by atoms with van der Waals surface area (Å²) in [6.45, 7) is 6.75. The van der Waals surface area contributed by atoms with E-state index in [1.165, 1.54) is 12.0 Å². The van der Waals surface area contributed by atoms with E-state index in [-0.39, 0.29) is 5.54 Å². The largest absolute Gasteiger partial charge is 0.494 e. The first-order chi connectivity index (χ1) is 12.0. The molecule has 0 aliphatic carbocycles. The summed E-state index contributed by atoms with van der Waals surface area (Å²) in [5.74, 6) is 0.816. The van der Waals surface area contributed by atoms with Crippen molar-refractivity contribution in [1.82, 2.24) is 0 Å². The number of aryl methyl sites for hydroxylation is 1. The lowest BCUT2D eigenvalue weighted by Crippen LogP contribution is -2.40. The van der Waals surface area contributed by atoms with Crippen molar-refractivity contribution in [2.75, 3.05) is 11.5 Å². The van der Waals surface area contributed by atoms with Gasteiger partial charge >= 0.3 is 0 Å². The fourth-order valence-corrected chi connectivity index (χ4v) is 2.77. The van der Waals surface area contributed by atoms with Crippen LogP contribution in [-0.2, 0) is 11.2 Å². The Bertz CT molecular complexity index is 647. The van der Waals surface area contributed by atoms with Gasteiger partial charge in [0.05, 0.1) is 6.61 Å². The third kappa shape index (κ3) is 6.26. The van der Waals surface area contributed by atoms with Crippen LogP contribution in [0.25, 0.3) is 0 Å². The van der Waals surface area contributed by atoms with Crippen molar-refractivity contribution in [3.8, 4) is 5.75 Å². The van der Waals surface area contributed by atoms with Gasteiger partial charge in [-0.1, -0.05) is 36.4 Å². The molecule has 0 N–H and O–H groups in total. The number of nitrogens with zero attached hydrogens (tertiary/aromatic N) is 1. The third-order valence-corrected chi connectivity index (χ3v) is 4.15. The maximum atomic E-state index is 11.4. The van der Waals surface area contributed by atoms with E-state index in [1.54, 1.807) is 4.90 Å². The Morgan fingerprint density at radius 3 is 2.40 bits per heavy atom. The van der Waals surface area contributed by atoms with Gasteiger partial charge in [0.15, 0.2) is 0 Å². The molecule has 0 spiro atoms. The molecule has 0 saturated carbocycles. The molecule has 0 fully saturated rings. The van der Waals surface area contributed by atoms with Crippen molar-refractivity contribution >= 4 is 12.1 Å². The van der Waals surface area contributed by atoms with Crippen LogP contribution in [0.1, 0.15) is 45.6 Å². The minimum atomic E-state index is -0.252. The highest BCUT2D eigenvalue weighted by Crippen LogP contribution is 2.26. The first-order valence-corrected chi connectivity index (χ1v) is 9.02. The van der Waals surface area contributed by atoms with Crippen molar-refractivity contribution in [1.29, 1.82) is 0 Å². The van der Waals surface area contributed by atoms with Gasteiger partial charge in [0.2, 0.25) is 6.41 Å². The fourth-order valence-electron chi connectivity index (χ4n) is 2.77. The van der Waals surface area contributed by atoms with Gasteiger partial charge < -0.3 is 9.64 Å². The molecule has 0 atom stereocenters. The average molecular weight is 339 g/mol. The van der Waals surface area contributed by atoms with Gasteiger partial charge in [-0.2, -0.15) is 0 Å². The van der Waals surface area contributed by atoms with Crippen LogP contribution in [0.4, 0.5) is 5.69 Å². The molecule has 25 heavy (non-hydrogen) atoms. The molecule has 0 aromatic heterocycles. The molecule has 0 radical (unpaired) electrons. The summed E-state index contributed by atoms with van der Waals surface area (Å²) in [4.78, 5) is 13.1. The number of ether oxygens (including phenoxy) is 1. The second kappa shape index (κ2) is 9.26. The Hall–Kier alpha value is -2.29. The van der Waals surface area contributed by atoms with Crippen LogP contribution >= 0.6 is 0 Å². The van der Waals surface area contributed by atoms with Crippen molar-refractivity contribution in [2.45, 2.75) is 52.0 Å². The number of benzene rings is 2. The molecule has 0 aliphatic rings. The number of hydrogen-bond donors (Lipinski definition) is 0. The normalized spacial score (nSPS) is 11.2. The van der Waals surface area contributed by atoms with Crippen molar-refractivity contribution in [3.63, 3.8) is 0 Å². The van der Waals surface area contributed by atoms with Crippen LogP contribution in [0.3, 0.4) is 0 Å². The smallest absolute Gasteiger partial charge is 0.214 e. The summed E-state index contributed by atoms with van der Waals surface area (Å²) in [5, 5.41) is 0. The van der Waals surface area contributed by atoms with Gasteiger partial charge in [0.1, 0.15) is 5.75 Å². The Morgan fingerprint density at radius 1 is 0.960 bits per heavy atom. The maximum absolute atomic E-state index is 11.4. The van der Waals surface area contributed by atoms with E-state index in [1.807, 2.05) is 45.0 Å². The molecule has 1 amide bonds. The van der Waals surface area contributed by atoms with Crippen LogP contribution in [-0.4, -0.2) is 18.6 Å². The van der Waals surface area contributed by atoms with Crippen LogP contribution in [0.5, 0.6) is 5.75 Å². The first-order valence-electron chi connectivity index (χ1n) is 9.02. The van der Waals surface area contributed by atoms with E-state index in [0.717, 1.165) is 37.1 Å². The lowest BCUT2D eigenvalue weighted by molar-refractivity contribution is -0.108. The van der Waals surface area contributed by atoms with Gasteiger partial charge in [0, 0.05) is 17.3 Å². The molecule has 3 nitrogen and oxygen atoms in total. The average Bonchev–Trinajstić information content (AvgIpc) is 2.59. The highest BCUT2D eigenvalue weighted by Gasteiger charge is 2.21. The highest BCUT2D eigenvalue weighted by atomic mass is 16.5. The lowest BCUT2D eigenvalue weighted by atomic mass is 10.1. The molecule has 0 aliphatic heterocycles. The van der Waals surface area contributed by atoms with Crippen molar-refractivity contribution < 1.29 is 9.53 Å². The number of carbonyl (C=O) groups is 1. The van der Waals surface area contributed by atoms with Gasteiger partial charge in [-0.25, -0.2) is 0 Å². The van der Waals surface area contributed by atoms with Crippen LogP contribution in [0.2, 0.25) is 0 Å². The van der Waals surface area contributed by atoms with E-state index in [0.29, 0.717) is 6.61 Å². The van der Waals surface area contributed by atoms with Crippen LogP contribution in [0.15, 0.2) is 54.6 Å². The minimum absolute atomic E-state index is 0.252. The van der Waals surface area contributed by atoms with Crippen molar-refractivity contribution in [3.05, 3.63) is 60.2 Å². The fraction of sp³-hybridized carbons (Fsp3) is 0.409. The number of unbranched alkanes of at least 4 members (excludes halogenated alkanes) is 2. The molecule has 2 aromatic rings. The standard InChI is InChI=1S/C22H29NO2/c1-22(2,3)23(18-24)20-14-10-15-21(17-20)25-16-9-5-8-13-19-11-6-4-7-12-19/h4,6-7,10-12,14-15,17-18H,5,8-9,13,16H2,1-3H3. The first kappa shape index (κ1) is 19.0. The molecule has 2 aromatic carbocycles. The van der Waals surface area contributed by atoms with Crippen LogP contribution in [0, 0.1) is 0 Å². The summed E-state index contributed by atoms with van der Waals surface area (Å²) >= 11 is 0. The second-order valence-corrected chi connectivity index (χ2v) is 7.29. The molecule has 0 saturated heterocycles. The number of hydrogen-bond acceptors (Lipinski definition) is 2. The summed E-state index contributed by atoms with van der Waals surface area (Å²) in [5.41, 5.74) is 2.01. The highest BCUT2D eigenvalue weighted by molar-refractivity contribution is 5.77. The van der Waals surface area contributed by atoms with Crippen LogP contribution < -0.4 is 9.64 Å². The Labute approximate surface area is 151 Å². The van der Waals surface area contributed by atoms with E-state index in [9.17, 15) is 4.79 Å². The zero-order valence-electron chi connectivity index (χ0n) is 15.6. The minimum Gasteiger partial charge on any atom is -0.494 e. The zero-order chi connectivity index (χ0) is 18.1. The number of carbonyl (C=O) groups excluding carboxylic acids is 1. The Kier molecular flexibility index (Phi) is 7.05. The van der Waals surface area contributed by atoms with Gasteiger partial charge in [-0.15, -0.1) is 0 Å². The van der Waals surface area contributed by atoms with Crippen molar-refractivity contribution in [2.24, 2.45) is 0 Å². The zero-order valence-corrected chi connectivity index (χ0v) is 15.6. The van der Waals surface area contributed by atoms with Gasteiger partial charge in [0.25, 0.3) is 0 Å². The summed E-state index contributed by atoms with van der Waals surface area (Å²) < 4.78 is 5.86. The van der Waals surface area contributed by atoms with E-state index in [2.05, 4.69) is 30.3 Å².